The summed E-state index contributed by atoms with van der Waals surface area (Å²) < 4.78 is 42.2. The molecule has 0 bridgehead atoms. The molecule has 0 saturated heterocycles. The van der Waals surface area contributed by atoms with Gasteiger partial charge in [0.15, 0.2) is 0 Å². The molecule has 0 aliphatic rings. The van der Waals surface area contributed by atoms with Crippen LogP contribution in [-0.2, 0) is 18.1 Å². The van der Waals surface area contributed by atoms with E-state index in [0.29, 0.717) is 24.3 Å². The van der Waals surface area contributed by atoms with Crippen LogP contribution < -0.4 is 0 Å². The fraction of sp³-hybridized carbons (Fsp3) is 1.00. The van der Waals surface area contributed by atoms with E-state index in [1.165, 1.54) is 21.6 Å². The average molecular weight is 347 g/mol. The summed E-state index contributed by atoms with van der Waals surface area (Å²) in [6, 6.07) is 0. The molecule has 0 saturated carbocycles. The molecule has 0 spiro atoms. The van der Waals surface area contributed by atoms with E-state index < -0.39 is 18.1 Å². The topological polar surface area (TPSA) is 68.3 Å². The molecule has 0 atom stereocenters. The minimum Gasteiger partial charge on any atom is -0.212 e. The Balaban J connectivity index is 3.29. The molecule has 0 heterocycles. The Bertz CT molecular complexity index is 339. The fourth-order valence-electron chi connectivity index (χ4n) is 0.698. The Hall–Kier alpha value is 1.18. The molecule has 0 aliphatic carbocycles. The Morgan fingerprint density at radius 3 is 1.31 bits per heavy atom. The fourth-order valence-corrected chi connectivity index (χ4v) is 4.87. The number of hydrogen-bond donors (Lipinski definition) is 0. The Morgan fingerprint density at radius 2 is 1.06 bits per heavy atom. The first-order valence-electron chi connectivity index (χ1n) is 4.30. The predicted molar refractivity (Wildman–Crippen MR) is 73.4 cm³/mol. The summed E-state index contributed by atoms with van der Waals surface area (Å²) in [5, 5.41) is 0. The third kappa shape index (κ3) is 15.2. The van der Waals surface area contributed by atoms with Crippen LogP contribution in [0.1, 0.15) is 12.8 Å². The Kier molecular flexibility index (Phi) is 8.92. The van der Waals surface area contributed by atoms with E-state index in [9.17, 15) is 16.8 Å². The van der Waals surface area contributed by atoms with Crippen molar-refractivity contribution in [3.63, 3.8) is 0 Å². The molecule has 0 amide bonds. The van der Waals surface area contributed by atoms with E-state index >= 15 is 0 Å². The van der Waals surface area contributed by atoms with E-state index in [4.69, 9.17) is 21.4 Å². The summed E-state index contributed by atoms with van der Waals surface area (Å²) in [7, 11) is 6.27. The van der Waals surface area contributed by atoms with E-state index in [2.05, 4.69) is 0 Å². The van der Waals surface area contributed by atoms with E-state index in [1.54, 1.807) is 0 Å². The molecule has 0 rings (SSSR count). The van der Waals surface area contributed by atoms with Gasteiger partial charge in [0, 0.05) is 32.9 Å². The van der Waals surface area contributed by atoms with Crippen LogP contribution >= 0.6 is 43.0 Å². The van der Waals surface area contributed by atoms with Crippen LogP contribution in [-0.4, -0.2) is 39.8 Å². The molecular weight excluding hydrogens is 335 g/mol. The largest absolute Gasteiger partial charge is 0.232 e. The van der Waals surface area contributed by atoms with E-state index in [1.807, 2.05) is 0 Å². The van der Waals surface area contributed by atoms with Crippen LogP contribution in [0.3, 0.4) is 0 Å². The third-order valence-electron chi connectivity index (χ3n) is 1.31. The molecule has 0 aromatic rings. The lowest BCUT2D eigenvalue weighted by Crippen LogP contribution is -1.98. The minimum absolute atomic E-state index is 0.0296. The van der Waals surface area contributed by atoms with Crippen LogP contribution in [0.4, 0.5) is 0 Å². The van der Waals surface area contributed by atoms with Gasteiger partial charge in [-0.05, 0) is 12.8 Å². The highest BCUT2D eigenvalue weighted by Crippen LogP contribution is 2.23. The number of halogens is 2. The highest BCUT2D eigenvalue weighted by molar-refractivity contribution is 8.76. The second kappa shape index (κ2) is 8.31. The van der Waals surface area contributed by atoms with Gasteiger partial charge in [0.1, 0.15) is 0 Å². The monoisotopic (exact) mass is 346 g/mol. The van der Waals surface area contributed by atoms with Crippen molar-refractivity contribution in [2.75, 3.05) is 23.0 Å². The molecule has 16 heavy (non-hydrogen) atoms. The molecule has 4 nitrogen and oxygen atoms in total. The maximum atomic E-state index is 10.5. The summed E-state index contributed by atoms with van der Waals surface area (Å²) in [5.74, 6) is 1.28. The summed E-state index contributed by atoms with van der Waals surface area (Å²) in [6.07, 6.45) is 0.995. The van der Waals surface area contributed by atoms with E-state index in [-0.39, 0.29) is 11.5 Å². The van der Waals surface area contributed by atoms with Gasteiger partial charge >= 0.3 is 0 Å². The van der Waals surface area contributed by atoms with Gasteiger partial charge in [-0.2, -0.15) is 0 Å². The van der Waals surface area contributed by atoms with Crippen LogP contribution in [0, 0.1) is 0 Å². The van der Waals surface area contributed by atoms with Crippen molar-refractivity contribution < 1.29 is 16.8 Å². The zero-order chi connectivity index (χ0) is 12.7. The van der Waals surface area contributed by atoms with Gasteiger partial charge in [0.05, 0.1) is 11.5 Å². The lowest BCUT2D eigenvalue weighted by molar-refractivity contribution is 0.606. The van der Waals surface area contributed by atoms with E-state index in [0.717, 1.165) is 0 Å². The average Bonchev–Trinajstić information content (AvgIpc) is 2.06. The molecule has 10 heteroatoms. The second-order valence-electron chi connectivity index (χ2n) is 2.84. The maximum Gasteiger partial charge on any atom is 0.232 e. The van der Waals surface area contributed by atoms with Crippen molar-refractivity contribution in [3.05, 3.63) is 0 Å². The van der Waals surface area contributed by atoms with Gasteiger partial charge in [-0.25, -0.2) is 16.8 Å². The van der Waals surface area contributed by atoms with Crippen molar-refractivity contribution in [2.24, 2.45) is 0 Å². The van der Waals surface area contributed by atoms with Crippen LogP contribution in [0.25, 0.3) is 0 Å². The summed E-state index contributed by atoms with van der Waals surface area (Å²) in [4.78, 5) is 0. The van der Waals surface area contributed by atoms with Crippen LogP contribution in [0.5, 0.6) is 0 Å². The molecular formula is C6H12Cl2O4S4. The smallest absolute Gasteiger partial charge is 0.212 e. The van der Waals surface area contributed by atoms with Gasteiger partial charge < -0.3 is 0 Å². The molecule has 0 aromatic carbocycles. The lowest BCUT2D eigenvalue weighted by Gasteiger charge is -1.99. The molecule has 0 N–H and O–H groups in total. The lowest BCUT2D eigenvalue weighted by atomic mass is 10.6. The maximum absolute atomic E-state index is 10.5. The van der Waals surface area contributed by atoms with Gasteiger partial charge in [-0.15, -0.1) is 0 Å². The Morgan fingerprint density at radius 1 is 0.750 bits per heavy atom. The summed E-state index contributed by atoms with van der Waals surface area (Å²) in [6.45, 7) is 0. The summed E-state index contributed by atoms with van der Waals surface area (Å²) >= 11 is 0. The molecule has 0 fully saturated rings. The summed E-state index contributed by atoms with van der Waals surface area (Å²) in [5.41, 5.74) is 0. The molecule has 0 aromatic heterocycles. The van der Waals surface area contributed by atoms with Gasteiger partial charge in [-0.3, -0.25) is 0 Å². The quantitative estimate of drug-likeness (QED) is 0.362. The molecule has 0 unspecified atom stereocenters. The molecule has 98 valence electrons. The van der Waals surface area contributed by atoms with Crippen molar-refractivity contribution >= 4 is 61.1 Å². The first-order chi connectivity index (χ1) is 7.21. The number of hydrogen-bond acceptors (Lipinski definition) is 6. The Labute approximate surface area is 113 Å². The van der Waals surface area contributed by atoms with Gasteiger partial charge in [-0.1, -0.05) is 21.6 Å². The zero-order valence-electron chi connectivity index (χ0n) is 8.26. The standard InChI is InChI=1S/C6H12Cl2O4S4/c7-15(9,10)5-1-3-13-14-4-2-6-16(8,11)12/h1-6H2. The third-order valence-corrected chi connectivity index (χ3v) is 6.37. The first kappa shape index (κ1) is 17.2. The number of rotatable bonds is 9. The molecule has 0 radical (unpaired) electrons. The van der Waals surface area contributed by atoms with Gasteiger partial charge in [0.25, 0.3) is 0 Å². The SMILES string of the molecule is O=S(=O)(Cl)CCCSSCCCS(=O)(=O)Cl. The van der Waals surface area contributed by atoms with Crippen molar-refractivity contribution in [2.45, 2.75) is 12.8 Å². The van der Waals surface area contributed by atoms with Crippen molar-refractivity contribution in [1.82, 2.24) is 0 Å². The zero-order valence-corrected chi connectivity index (χ0v) is 13.0. The van der Waals surface area contributed by atoms with Crippen LogP contribution in [0.15, 0.2) is 0 Å². The van der Waals surface area contributed by atoms with Crippen molar-refractivity contribution in [3.8, 4) is 0 Å². The first-order valence-corrected chi connectivity index (χ1v) is 11.7. The predicted octanol–water partition coefficient (Wildman–Crippen LogP) is 2.29. The highest BCUT2D eigenvalue weighted by Gasteiger charge is 2.05. The minimum atomic E-state index is -3.39. The normalized spacial score (nSPS) is 12.9. The van der Waals surface area contributed by atoms with Crippen LogP contribution in [0.2, 0.25) is 0 Å². The second-order valence-corrected chi connectivity index (χ2v) is 11.3. The molecule has 0 aliphatic heterocycles. The highest BCUT2D eigenvalue weighted by atomic mass is 35.7. The van der Waals surface area contributed by atoms with Gasteiger partial charge in [0.2, 0.25) is 18.1 Å². The van der Waals surface area contributed by atoms with Crippen molar-refractivity contribution in [1.29, 1.82) is 0 Å².